The van der Waals surface area contributed by atoms with E-state index in [1.165, 1.54) is 193 Å². The molecule has 0 spiro atoms. The third kappa shape index (κ3) is 45.1. The van der Waals surface area contributed by atoms with Gasteiger partial charge in [-0.25, -0.2) is 0 Å². The molecule has 0 aliphatic rings. The van der Waals surface area contributed by atoms with E-state index in [2.05, 4.69) is 20.8 Å². The van der Waals surface area contributed by atoms with Crippen molar-refractivity contribution in [1.29, 1.82) is 0 Å². The van der Waals surface area contributed by atoms with Crippen molar-refractivity contribution in [2.75, 3.05) is 19.8 Å². The summed E-state index contributed by atoms with van der Waals surface area (Å²) in [6, 6.07) is 0. The smallest absolute Gasteiger partial charge is 0.332 e. The van der Waals surface area contributed by atoms with Crippen molar-refractivity contribution in [1.82, 2.24) is 0 Å². The van der Waals surface area contributed by atoms with Gasteiger partial charge in [0.05, 0.1) is 38.1 Å². The maximum Gasteiger partial charge on any atom is 0.332 e. The molecule has 0 saturated carbocycles. The lowest BCUT2D eigenvalue weighted by atomic mass is 10.0. The van der Waals surface area contributed by atoms with Crippen LogP contribution in [0.3, 0.4) is 0 Å². The van der Waals surface area contributed by atoms with E-state index in [9.17, 15) is 15.3 Å². The Morgan fingerprint density at radius 1 is 0.273 bits per heavy atom. The Labute approximate surface area is 345 Å². The Balaban J connectivity index is 4.29. The molecule has 332 valence electrons. The van der Waals surface area contributed by atoms with Gasteiger partial charge < -0.3 is 28.9 Å². The molecule has 0 aliphatic carbocycles. The molecule has 3 N–H and O–H groups in total. The van der Waals surface area contributed by atoms with Crippen LogP contribution in [-0.4, -0.2) is 53.5 Å². The first kappa shape index (κ1) is 55.2. The number of unbranched alkanes of at least 4 members (excludes halogenated alkanes) is 33. The topological polar surface area (TPSA) is 88.4 Å². The molecule has 3 unspecified atom stereocenters. The van der Waals surface area contributed by atoms with Crippen LogP contribution in [0, 0.1) is 0 Å². The van der Waals surface area contributed by atoms with Gasteiger partial charge in [0.25, 0.3) is 0 Å². The molecule has 0 rings (SSSR count). The second kappa shape index (κ2) is 46.9. The van der Waals surface area contributed by atoms with Gasteiger partial charge in [0.2, 0.25) is 0 Å². The van der Waals surface area contributed by atoms with E-state index in [0.717, 1.165) is 38.5 Å². The van der Waals surface area contributed by atoms with E-state index < -0.39 is 26.9 Å². The van der Waals surface area contributed by atoms with Gasteiger partial charge in [-0.1, -0.05) is 252 Å². The molecule has 0 aromatic heterocycles. The van der Waals surface area contributed by atoms with E-state index in [1.54, 1.807) is 0 Å². The molecule has 0 aromatic carbocycles. The molecular formula is C48H99O6P. The fourth-order valence-corrected chi connectivity index (χ4v) is 8.57. The molecule has 0 heterocycles. The van der Waals surface area contributed by atoms with E-state index in [1.807, 2.05) is 0 Å². The Kier molecular flexibility index (Phi) is 47.0. The van der Waals surface area contributed by atoms with Crippen LogP contribution in [0.25, 0.3) is 0 Å². The molecule has 0 radical (unpaired) electrons. The van der Waals surface area contributed by atoms with Crippen molar-refractivity contribution in [3.8, 4) is 0 Å². The van der Waals surface area contributed by atoms with Gasteiger partial charge in [-0.15, -0.1) is 0 Å². The highest BCUT2D eigenvalue weighted by Gasteiger charge is 2.19. The van der Waals surface area contributed by atoms with Gasteiger partial charge in [0, 0.05) is 0 Å². The van der Waals surface area contributed by atoms with Crippen LogP contribution >= 0.6 is 8.60 Å². The van der Waals surface area contributed by atoms with Crippen LogP contribution in [0.4, 0.5) is 0 Å². The Hall–Kier alpha value is 0.190. The van der Waals surface area contributed by atoms with Crippen molar-refractivity contribution >= 4 is 8.60 Å². The molecule has 0 saturated heterocycles. The van der Waals surface area contributed by atoms with E-state index >= 15 is 0 Å². The highest BCUT2D eigenvalue weighted by molar-refractivity contribution is 7.41. The average Bonchev–Trinajstić information content (AvgIpc) is 3.18. The lowest BCUT2D eigenvalue weighted by Gasteiger charge is -2.21. The zero-order valence-electron chi connectivity index (χ0n) is 37.4. The minimum atomic E-state index is -1.75. The fraction of sp³-hybridized carbons (Fsp3) is 1.00. The summed E-state index contributed by atoms with van der Waals surface area (Å²) in [5.74, 6) is 0. The fourth-order valence-electron chi connectivity index (χ4n) is 7.47. The molecule has 0 fully saturated rings. The minimum absolute atomic E-state index is 0.160. The van der Waals surface area contributed by atoms with E-state index in [4.69, 9.17) is 13.6 Å². The lowest BCUT2D eigenvalue weighted by molar-refractivity contribution is 0.0357. The predicted octanol–water partition coefficient (Wildman–Crippen LogP) is 15.6. The maximum absolute atomic E-state index is 10.6. The number of aliphatic hydroxyl groups is 3. The molecule has 0 bridgehead atoms. The van der Waals surface area contributed by atoms with Crippen LogP contribution in [-0.2, 0) is 13.6 Å². The highest BCUT2D eigenvalue weighted by atomic mass is 31.2. The van der Waals surface area contributed by atoms with Crippen LogP contribution in [0.15, 0.2) is 0 Å². The molecule has 3 atom stereocenters. The van der Waals surface area contributed by atoms with Crippen LogP contribution < -0.4 is 0 Å². The van der Waals surface area contributed by atoms with Crippen molar-refractivity contribution in [3.05, 3.63) is 0 Å². The van der Waals surface area contributed by atoms with Gasteiger partial charge in [0.1, 0.15) is 0 Å². The van der Waals surface area contributed by atoms with Crippen molar-refractivity contribution in [3.63, 3.8) is 0 Å². The first-order valence-corrected chi connectivity index (χ1v) is 25.9. The van der Waals surface area contributed by atoms with Gasteiger partial charge in [-0.3, -0.25) is 0 Å². The second-order valence-corrected chi connectivity index (χ2v) is 18.3. The molecule has 55 heavy (non-hydrogen) atoms. The van der Waals surface area contributed by atoms with E-state index in [0.29, 0.717) is 19.3 Å². The Bertz CT molecular complexity index is 609. The van der Waals surface area contributed by atoms with Crippen LogP contribution in [0.2, 0.25) is 0 Å². The summed E-state index contributed by atoms with van der Waals surface area (Å²) < 4.78 is 17.8. The summed E-state index contributed by atoms with van der Waals surface area (Å²) >= 11 is 0. The highest BCUT2D eigenvalue weighted by Crippen LogP contribution is 2.40. The van der Waals surface area contributed by atoms with Crippen LogP contribution in [0.5, 0.6) is 0 Å². The monoisotopic (exact) mass is 803 g/mol. The van der Waals surface area contributed by atoms with Gasteiger partial charge >= 0.3 is 8.60 Å². The molecule has 0 aromatic rings. The summed E-state index contributed by atoms with van der Waals surface area (Å²) in [7, 11) is -1.75. The normalized spacial score (nSPS) is 14.1. The third-order valence-electron chi connectivity index (χ3n) is 11.3. The minimum Gasteiger partial charge on any atom is -0.391 e. The number of hydrogen-bond acceptors (Lipinski definition) is 6. The quantitative estimate of drug-likeness (QED) is 0.0419. The summed E-state index contributed by atoms with van der Waals surface area (Å²) in [4.78, 5) is 0. The molecule has 0 aliphatic heterocycles. The SMILES string of the molecule is CCCCCCCCCCCCCCC(O)COP(OCC(O)CCCCCCCCCCCCCC)OCC(O)CCCCCCCCCCCCCC. The zero-order valence-corrected chi connectivity index (χ0v) is 38.3. The Morgan fingerprint density at radius 3 is 0.618 bits per heavy atom. The van der Waals surface area contributed by atoms with Gasteiger partial charge in [-0.2, -0.15) is 0 Å². The summed E-state index contributed by atoms with van der Waals surface area (Å²) in [5, 5.41) is 31.9. The molecule has 0 amide bonds. The van der Waals surface area contributed by atoms with Gasteiger partial charge in [-0.05, 0) is 19.3 Å². The van der Waals surface area contributed by atoms with Gasteiger partial charge in [0.15, 0.2) is 0 Å². The average molecular weight is 803 g/mol. The van der Waals surface area contributed by atoms with E-state index in [-0.39, 0.29) is 19.8 Å². The summed E-state index contributed by atoms with van der Waals surface area (Å²) in [6.07, 6.45) is 47.2. The number of rotatable bonds is 48. The van der Waals surface area contributed by atoms with Crippen molar-refractivity contribution in [2.45, 2.75) is 289 Å². The van der Waals surface area contributed by atoms with Crippen LogP contribution in [0.1, 0.15) is 271 Å². The third-order valence-corrected chi connectivity index (χ3v) is 12.4. The zero-order chi connectivity index (χ0) is 40.1. The van der Waals surface area contributed by atoms with Crippen molar-refractivity contribution < 1.29 is 28.9 Å². The summed E-state index contributed by atoms with van der Waals surface area (Å²) in [5.41, 5.74) is 0. The largest absolute Gasteiger partial charge is 0.391 e. The lowest BCUT2D eigenvalue weighted by Crippen LogP contribution is -2.19. The summed E-state index contributed by atoms with van der Waals surface area (Å²) in [6.45, 7) is 7.30. The standard InChI is InChI=1S/C48H99O6P/c1-4-7-10-13-16-19-22-25-28-31-34-37-40-46(49)43-52-55(53-44-47(50)41-38-35-32-29-26-23-20-17-14-11-8-5-2)54-45-48(51)42-39-36-33-30-27-24-21-18-15-12-9-6-3/h46-51H,4-45H2,1-3H3. The predicted molar refractivity (Wildman–Crippen MR) is 240 cm³/mol. The molecule has 6 nitrogen and oxygen atoms in total. The first-order valence-electron chi connectivity index (χ1n) is 24.8. The van der Waals surface area contributed by atoms with Crippen molar-refractivity contribution in [2.24, 2.45) is 0 Å². The first-order chi connectivity index (χ1) is 27.0. The maximum atomic E-state index is 10.6. The number of hydrogen-bond donors (Lipinski definition) is 3. The Morgan fingerprint density at radius 2 is 0.436 bits per heavy atom. The second-order valence-electron chi connectivity index (χ2n) is 17.1. The molecule has 7 heteroatoms. The molecular weight excluding hydrogens is 703 g/mol. The number of aliphatic hydroxyl groups excluding tert-OH is 3.